The molecule has 45 heavy (non-hydrogen) atoms. The molecule has 2 aliphatic carbocycles. The van der Waals surface area contributed by atoms with Crippen LogP contribution < -0.4 is 15.5 Å². The molecule has 3 aliphatic rings. The van der Waals surface area contributed by atoms with Gasteiger partial charge in [-0.2, -0.15) is 0 Å². The van der Waals surface area contributed by atoms with Gasteiger partial charge in [-0.15, -0.1) is 0 Å². The van der Waals surface area contributed by atoms with E-state index in [0.29, 0.717) is 49.5 Å². The minimum absolute atomic E-state index is 0.0389. The summed E-state index contributed by atoms with van der Waals surface area (Å²) in [5, 5.41) is 17.7. The van der Waals surface area contributed by atoms with Gasteiger partial charge in [-0.25, -0.2) is 0 Å². The molecule has 3 N–H and O–H groups in total. The zero-order valence-electron chi connectivity index (χ0n) is 26.8. The first-order valence-corrected chi connectivity index (χ1v) is 16.7. The first-order valence-electron chi connectivity index (χ1n) is 16.7. The van der Waals surface area contributed by atoms with Crippen LogP contribution in [0.3, 0.4) is 0 Å². The molecule has 6 atom stereocenters. The van der Waals surface area contributed by atoms with Crippen LogP contribution >= 0.6 is 0 Å². The molecule has 4 amide bonds. The smallest absolute Gasteiger partial charge is 0.253 e. The van der Waals surface area contributed by atoms with Crippen LogP contribution in [0.2, 0.25) is 0 Å². The van der Waals surface area contributed by atoms with Crippen molar-refractivity contribution in [1.29, 1.82) is 0 Å². The Hall–Kier alpha value is -3.72. The lowest BCUT2D eigenvalue weighted by atomic mass is 9.91. The Morgan fingerprint density at radius 3 is 2.47 bits per heavy atom. The maximum Gasteiger partial charge on any atom is 0.253 e. The lowest BCUT2D eigenvalue weighted by Gasteiger charge is -2.28. The number of anilines is 1. The standard InChI is InChI=1S/C36H48N4O5/c1-4-14-39(3)36(45)28-20-27(21-29(22-28)40-15-8-11-33(40)42)35(44)38-31(18-24-9-6-5-7-10-24)32(41)16-23(2)34(43)37-30-19-25-12-13-26(30)17-25/h5-7,9-10,20-23,25-26,30-32,41H,4,8,11-19H2,1-3H3,(H,37,43)(H,38,44)/t23-,25?,26?,30?,31+,32+/m1/s1. The number of carbonyl (C=O) groups excluding carboxylic acids is 4. The van der Waals surface area contributed by atoms with Crippen molar-refractivity contribution in [2.24, 2.45) is 17.8 Å². The van der Waals surface area contributed by atoms with Gasteiger partial charge >= 0.3 is 0 Å². The van der Waals surface area contributed by atoms with Crippen molar-refractivity contribution in [3.8, 4) is 0 Å². The van der Waals surface area contributed by atoms with E-state index in [1.807, 2.05) is 44.2 Å². The highest BCUT2D eigenvalue weighted by molar-refractivity contribution is 6.03. The second-order valence-electron chi connectivity index (χ2n) is 13.4. The minimum Gasteiger partial charge on any atom is -0.391 e. The predicted octanol–water partition coefficient (Wildman–Crippen LogP) is 4.33. The molecule has 9 nitrogen and oxygen atoms in total. The maximum atomic E-state index is 13.9. The van der Waals surface area contributed by atoms with Gasteiger partial charge in [0, 0.05) is 55.3 Å². The molecule has 1 saturated heterocycles. The van der Waals surface area contributed by atoms with Crippen molar-refractivity contribution in [2.45, 2.75) is 89.8 Å². The van der Waals surface area contributed by atoms with Crippen LogP contribution in [-0.4, -0.2) is 72.0 Å². The average molecular weight is 617 g/mol. The summed E-state index contributed by atoms with van der Waals surface area (Å²) in [6, 6.07) is 14.0. The van der Waals surface area contributed by atoms with Gasteiger partial charge in [0.15, 0.2) is 0 Å². The summed E-state index contributed by atoms with van der Waals surface area (Å²) in [4.78, 5) is 56.2. The predicted molar refractivity (Wildman–Crippen MR) is 174 cm³/mol. The molecular formula is C36H48N4O5. The van der Waals surface area contributed by atoms with Gasteiger partial charge in [-0.05, 0) is 80.5 Å². The first-order chi connectivity index (χ1) is 21.6. The topological polar surface area (TPSA) is 119 Å². The number of benzene rings is 2. The van der Waals surface area contributed by atoms with Crippen LogP contribution in [0.4, 0.5) is 5.69 Å². The van der Waals surface area contributed by atoms with E-state index in [1.54, 1.807) is 35.0 Å². The van der Waals surface area contributed by atoms with Crippen molar-refractivity contribution in [3.63, 3.8) is 0 Å². The number of aliphatic hydroxyl groups excluding tert-OH is 1. The Kier molecular flexibility index (Phi) is 10.6. The fraction of sp³-hybridized carbons (Fsp3) is 0.556. The van der Waals surface area contributed by atoms with E-state index < -0.39 is 24.0 Å². The number of nitrogens with one attached hydrogen (secondary N) is 2. The van der Waals surface area contributed by atoms with Crippen molar-refractivity contribution >= 4 is 29.3 Å². The summed E-state index contributed by atoms with van der Waals surface area (Å²) in [5.74, 6) is 0.0760. The van der Waals surface area contributed by atoms with Crippen molar-refractivity contribution in [2.75, 3.05) is 25.0 Å². The normalized spacial score (nSPS) is 22.6. The van der Waals surface area contributed by atoms with E-state index in [9.17, 15) is 24.3 Å². The molecule has 1 heterocycles. The fourth-order valence-electron chi connectivity index (χ4n) is 7.38. The maximum absolute atomic E-state index is 13.9. The molecule has 2 saturated carbocycles. The van der Waals surface area contributed by atoms with Crippen molar-refractivity contribution < 1.29 is 24.3 Å². The van der Waals surface area contributed by atoms with Gasteiger partial charge in [0.05, 0.1) is 12.1 Å². The third-order valence-corrected chi connectivity index (χ3v) is 9.91. The monoisotopic (exact) mass is 616 g/mol. The summed E-state index contributed by atoms with van der Waals surface area (Å²) in [6.45, 7) is 4.91. The van der Waals surface area contributed by atoms with Crippen LogP contribution in [0, 0.1) is 17.8 Å². The molecule has 3 unspecified atom stereocenters. The number of hydrogen-bond donors (Lipinski definition) is 3. The lowest BCUT2D eigenvalue weighted by Crippen LogP contribution is -2.47. The molecule has 3 fully saturated rings. The number of hydrogen-bond acceptors (Lipinski definition) is 5. The second kappa shape index (κ2) is 14.6. The van der Waals surface area contributed by atoms with Crippen LogP contribution in [0.15, 0.2) is 48.5 Å². The summed E-state index contributed by atoms with van der Waals surface area (Å²) in [5.41, 5.74) is 2.03. The summed E-state index contributed by atoms with van der Waals surface area (Å²) >= 11 is 0. The molecule has 2 bridgehead atoms. The number of rotatable bonds is 13. The average Bonchev–Trinajstić information content (AvgIpc) is 3.78. The van der Waals surface area contributed by atoms with Gasteiger partial charge < -0.3 is 25.5 Å². The molecule has 5 rings (SSSR count). The summed E-state index contributed by atoms with van der Waals surface area (Å²) in [7, 11) is 1.72. The molecule has 0 spiro atoms. The van der Waals surface area contributed by atoms with Crippen molar-refractivity contribution in [1.82, 2.24) is 15.5 Å². The van der Waals surface area contributed by atoms with Gasteiger partial charge in [-0.3, -0.25) is 19.2 Å². The summed E-state index contributed by atoms with van der Waals surface area (Å²) < 4.78 is 0. The van der Waals surface area contributed by atoms with E-state index in [-0.39, 0.29) is 35.7 Å². The Bertz CT molecular complexity index is 1380. The Balaban J connectivity index is 1.34. The Labute approximate surface area is 266 Å². The molecule has 9 heteroatoms. The third kappa shape index (κ3) is 7.93. The lowest BCUT2D eigenvalue weighted by molar-refractivity contribution is -0.126. The van der Waals surface area contributed by atoms with Gasteiger partial charge in [-0.1, -0.05) is 50.6 Å². The number of aliphatic hydroxyl groups is 1. The zero-order chi connectivity index (χ0) is 32.1. The fourth-order valence-corrected chi connectivity index (χ4v) is 7.38. The molecule has 1 aliphatic heterocycles. The van der Waals surface area contributed by atoms with E-state index in [0.717, 1.165) is 24.3 Å². The first kappa shape index (κ1) is 32.7. The molecule has 2 aromatic carbocycles. The SMILES string of the molecule is CCCN(C)C(=O)c1cc(C(=O)N[C@@H](Cc2ccccc2)[C@@H](O)C[C@@H](C)C(=O)NC2CC3CCC2C3)cc(N2CCCC2=O)c1. The number of fused-ring (bicyclic) bond motifs is 2. The second-order valence-corrected chi connectivity index (χ2v) is 13.4. The van der Waals surface area contributed by atoms with Crippen LogP contribution in [-0.2, 0) is 16.0 Å². The van der Waals surface area contributed by atoms with E-state index in [4.69, 9.17) is 0 Å². The summed E-state index contributed by atoms with van der Waals surface area (Å²) in [6.07, 6.45) is 6.17. The Morgan fingerprint density at radius 1 is 1.07 bits per heavy atom. The highest BCUT2D eigenvalue weighted by Gasteiger charge is 2.40. The van der Waals surface area contributed by atoms with E-state index >= 15 is 0 Å². The van der Waals surface area contributed by atoms with Gasteiger partial charge in [0.25, 0.3) is 11.8 Å². The number of carbonyl (C=O) groups is 4. The van der Waals surface area contributed by atoms with Gasteiger partial charge in [0.1, 0.15) is 0 Å². The highest BCUT2D eigenvalue weighted by Crippen LogP contribution is 2.44. The third-order valence-electron chi connectivity index (χ3n) is 9.91. The van der Waals surface area contributed by atoms with Crippen LogP contribution in [0.1, 0.15) is 91.5 Å². The highest BCUT2D eigenvalue weighted by atomic mass is 16.3. The quantitative estimate of drug-likeness (QED) is 0.310. The molecule has 0 aromatic heterocycles. The zero-order valence-corrected chi connectivity index (χ0v) is 26.8. The molecule has 2 aromatic rings. The molecule has 242 valence electrons. The van der Waals surface area contributed by atoms with E-state index in [1.165, 1.54) is 19.3 Å². The Morgan fingerprint density at radius 2 is 1.82 bits per heavy atom. The van der Waals surface area contributed by atoms with Crippen LogP contribution in [0.25, 0.3) is 0 Å². The molecular weight excluding hydrogens is 568 g/mol. The molecule has 0 radical (unpaired) electrons. The minimum atomic E-state index is -0.991. The number of amides is 4. The van der Waals surface area contributed by atoms with Crippen LogP contribution in [0.5, 0.6) is 0 Å². The number of nitrogens with zero attached hydrogens (tertiary/aromatic N) is 2. The van der Waals surface area contributed by atoms with Gasteiger partial charge in [0.2, 0.25) is 11.8 Å². The van der Waals surface area contributed by atoms with Crippen molar-refractivity contribution in [3.05, 3.63) is 65.2 Å². The van der Waals surface area contributed by atoms with E-state index in [2.05, 4.69) is 10.6 Å². The largest absolute Gasteiger partial charge is 0.391 e.